The first kappa shape index (κ1) is 15.9. The molecule has 0 rings (SSSR count). The summed E-state index contributed by atoms with van der Waals surface area (Å²) < 4.78 is 11.1. The van der Waals surface area contributed by atoms with Gasteiger partial charge in [0.2, 0.25) is 0 Å². The minimum absolute atomic E-state index is 0.317. The van der Waals surface area contributed by atoms with Crippen LogP contribution >= 0.6 is 0 Å². The summed E-state index contributed by atoms with van der Waals surface area (Å²) in [6.07, 6.45) is 10.9. The molecule has 0 fully saturated rings. The van der Waals surface area contributed by atoms with Crippen LogP contribution in [-0.4, -0.2) is 20.0 Å². The van der Waals surface area contributed by atoms with E-state index in [-0.39, 0.29) is 5.79 Å². The summed E-state index contributed by atoms with van der Waals surface area (Å²) in [6.45, 7) is 4.45. The average molecular weight is 230 g/mol. The van der Waals surface area contributed by atoms with Crippen molar-refractivity contribution in [3.05, 3.63) is 0 Å². The molecule has 0 saturated heterocycles. The summed E-state index contributed by atoms with van der Waals surface area (Å²) in [6, 6.07) is 0. The van der Waals surface area contributed by atoms with E-state index in [1.165, 1.54) is 44.9 Å². The predicted octanol–water partition coefficient (Wildman–Crippen LogP) is 4.53. The van der Waals surface area contributed by atoms with Gasteiger partial charge in [0.15, 0.2) is 5.79 Å². The van der Waals surface area contributed by atoms with E-state index in [1.807, 2.05) is 0 Å². The zero-order valence-corrected chi connectivity index (χ0v) is 11.7. The Kier molecular flexibility index (Phi) is 10.0. The molecule has 0 bridgehead atoms. The lowest BCUT2D eigenvalue weighted by molar-refractivity contribution is -0.216. The first-order chi connectivity index (χ1) is 7.74. The van der Waals surface area contributed by atoms with Crippen LogP contribution in [0.2, 0.25) is 0 Å². The van der Waals surface area contributed by atoms with Gasteiger partial charge in [-0.25, -0.2) is 0 Å². The summed E-state index contributed by atoms with van der Waals surface area (Å²) in [5.41, 5.74) is 0. The Bertz CT molecular complexity index is 142. The molecule has 0 aliphatic heterocycles. The van der Waals surface area contributed by atoms with Crippen LogP contribution in [0.25, 0.3) is 0 Å². The molecular weight excluding hydrogens is 200 g/mol. The van der Waals surface area contributed by atoms with Gasteiger partial charge in [0.25, 0.3) is 0 Å². The van der Waals surface area contributed by atoms with Crippen LogP contribution in [0.5, 0.6) is 0 Å². The molecule has 0 radical (unpaired) electrons. The summed E-state index contributed by atoms with van der Waals surface area (Å²) in [5, 5.41) is 0. The first-order valence-corrected chi connectivity index (χ1v) is 6.85. The zero-order chi connectivity index (χ0) is 12.3. The summed E-state index contributed by atoms with van der Waals surface area (Å²) in [4.78, 5) is 0. The van der Waals surface area contributed by atoms with Crippen LogP contribution < -0.4 is 0 Å². The van der Waals surface area contributed by atoms with Crippen LogP contribution in [0.15, 0.2) is 0 Å². The maximum Gasteiger partial charge on any atom is 0.167 e. The Labute approximate surface area is 102 Å². The van der Waals surface area contributed by atoms with Gasteiger partial charge < -0.3 is 9.47 Å². The highest BCUT2D eigenvalue weighted by atomic mass is 16.7. The highest BCUT2D eigenvalue weighted by molar-refractivity contribution is 4.69. The quantitative estimate of drug-likeness (QED) is 0.383. The largest absolute Gasteiger partial charge is 0.353 e. The van der Waals surface area contributed by atoms with E-state index in [0.29, 0.717) is 0 Å². The Balaban J connectivity index is 3.82. The van der Waals surface area contributed by atoms with Gasteiger partial charge in [0.1, 0.15) is 0 Å². The van der Waals surface area contributed by atoms with Gasteiger partial charge in [-0.05, 0) is 12.8 Å². The number of ether oxygens (including phenoxy) is 2. The van der Waals surface area contributed by atoms with Crippen molar-refractivity contribution in [3.63, 3.8) is 0 Å². The minimum atomic E-state index is -0.317. The molecule has 0 N–H and O–H groups in total. The van der Waals surface area contributed by atoms with Crippen molar-refractivity contribution in [3.8, 4) is 0 Å². The van der Waals surface area contributed by atoms with Gasteiger partial charge in [-0.2, -0.15) is 0 Å². The Morgan fingerprint density at radius 3 is 1.69 bits per heavy atom. The Morgan fingerprint density at radius 2 is 1.19 bits per heavy atom. The van der Waals surface area contributed by atoms with E-state index in [9.17, 15) is 0 Å². The van der Waals surface area contributed by atoms with Crippen LogP contribution in [0, 0.1) is 0 Å². The average Bonchev–Trinajstić information content (AvgIpc) is 2.33. The predicted molar refractivity (Wildman–Crippen MR) is 69.7 cm³/mol. The Morgan fingerprint density at radius 1 is 0.688 bits per heavy atom. The van der Waals surface area contributed by atoms with Gasteiger partial charge in [0, 0.05) is 27.1 Å². The van der Waals surface area contributed by atoms with Gasteiger partial charge >= 0.3 is 0 Å². The van der Waals surface area contributed by atoms with E-state index in [0.717, 1.165) is 12.8 Å². The molecule has 0 aromatic heterocycles. The number of methoxy groups -OCH3 is 2. The number of unbranched alkanes of at least 4 members (excludes halogenated alkanes) is 5. The highest BCUT2D eigenvalue weighted by Crippen LogP contribution is 2.26. The van der Waals surface area contributed by atoms with E-state index >= 15 is 0 Å². The molecule has 98 valence electrons. The molecule has 0 aromatic carbocycles. The standard InChI is InChI=1S/C14H30O2/c1-5-7-9-10-11-13-14(15-3,16-4)12-8-6-2/h5-13H2,1-4H3. The number of hydrogen-bond acceptors (Lipinski definition) is 2. The monoisotopic (exact) mass is 230 g/mol. The fourth-order valence-electron chi connectivity index (χ4n) is 2.06. The second-order valence-corrected chi connectivity index (χ2v) is 4.59. The maximum absolute atomic E-state index is 5.57. The van der Waals surface area contributed by atoms with Gasteiger partial charge in [-0.3, -0.25) is 0 Å². The number of hydrogen-bond donors (Lipinski definition) is 0. The van der Waals surface area contributed by atoms with Gasteiger partial charge in [-0.1, -0.05) is 46.0 Å². The normalized spacial score (nSPS) is 12.0. The summed E-state index contributed by atoms with van der Waals surface area (Å²) in [7, 11) is 3.54. The smallest absolute Gasteiger partial charge is 0.167 e. The zero-order valence-electron chi connectivity index (χ0n) is 11.7. The third-order valence-corrected chi connectivity index (χ3v) is 3.32. The molecule has 0 amide bonds. The third kappa shape index (κ3) is 6.49. The SMILES string of the molecule is CCCCCCCC(CCCC)(OC)OC. The minimum Gasteiger partial charge on any atom is -0.353 e. The molecule has 16 heavy (non-hydrogen) atoms. The molecule has 2 heteroatoms. The lowest BCUT2D eigenvalue weighted by Gasteiger charge is -2.31. The third-order valence-electron chi connectivity index (χ3n) is 3.32. The lowest BCUT2D eigenvalue weighted by Crippen LogP contribution is -2.33. The maximum atomic E-state index is 5.57. The van der Waals surface area contributed by atoms with Crippen LogP contribution in [0.3, 0.4) is 0 Å². The number of rotatable bonds is 11. The molecular formula is C14H30O2. The van der Waals surface area contributed by atoms with Crippen LogP contribution in [-0.2, 0) is 9.47 Å². The van der Waals surface area contributed by atoms with Crippen molar-refractivity contribution < 1.29 is 9.47 Å². The van der Waals surface area contributed by atoms with Crippen molar-refractivity contribution >= 4 is 0 Å². The molecule has 0 atom stereocenters. The summed E-state index contributed by atoms with van der Waals surface area (Å²) >= 11 is 0. The van der Waals surface area contributed by atoms with Crippen molar-refractivity contribution in [2.75, 3.05) is 14.2 Å². The van der Waals surface area contributed by atoms with E-state index < -0.39 is 0 Å². The van der Waals surface area contributed by atoms with Crippen molar-refractivity contribution in [1.29, 1.82) is 0 Å². The molecule has 0 aliphatic carbocycles. The van der Waals surface area contributed by atoms with E-state index in [2.05, 4.69) is 13.8 Å². The molecule has 0 heterocycles. The van der Waals surface area contributed by atoms with Crippen molar-refractivity contribution in [2.45, 2.75) is 77.4 Å². The highest BCUT2D eigenvalue weighted by Gasteiger charge is 2.27. The molecule has 0 aromatic rings. The molecule has 0 saturated carbocycles. The van der Waals surface area contributed by atoms with E-state index in [4.69, 9.17) is 9.47 Å². The topological polar surface area (TPSA) is 18.5 Å². The van der Waals surface area contributed by atoms with E-state index in [1.54, 1.807) is 14.2 Å². The van der Waals surface area contributed by atoms with Crippen LogP contribution in [0.4, 0.5) is 0 Å². The fraction of sp³-hybridized carbons (Fsp3) is 1.00. The molecule has 0 unspecified atom stereocenters. The van der Waals surface area contributed by atoms with Crippen molar-refractivity contribution in [1.82, 2.24) is 0 Å². The molecule has 0 aliphatic rings. The van der Waals surface area contributed by atoms with Crippen LogP contribution in [0.1, 0.15) is 71.6 Å². The second-order valence-electron chi connectivity index (χ2n) is 4.59. The second kappa shape index (κ2) is 10.1. The first-order valence-electron chi connectivity index (χ1n) is 6.85. The fourth-order valence-corrected chi connectivity index (χ4v) is 2.06. The molecule has 0 spiro atoms. The summed E-state index contributed by atoms with van der Waals surface area (Å²) in [5.74, 6) is -0.317. The van der Waals surface area contributed by atoms with Gasteiger partial charge in [0.05, 0.1) is 0 Å². The Hall–Kier alpha value is -0.0800. The van der Waals surface area contributed by atoms with Crippen molar-refractivity contribution in [2.24, 2.45) is 0 Å². The molecule has 2 nitrogen and oxygen atoms in total. The lowest BCUT2D eigenvalue weighted by atomic mass is 10.0. The van der Waals surface area contributed by atoms with Gasteiger partial charge in [-0.15, -0.1) is 0 Å².